The van der Waals surface area contributed by atoms with Crippen molar-refractivity contribution in [3.05, 3.63) is 33.2 Å². The van der Waals surface area contributed by atoms with Crippen molar-refractivity contribution >= 4 is 5.91 Å². The van der Waals surface area contributed by atoms with Crippen LogP contribution >= 0.6 is 0 Å². The number of aryl methyl sites for hydroxylation is 1. The zero-order chi connectivity index (χ0) is 15.0. The number of H-pyrrole nitrogens is 1. The van der Waals surface area contributed by atoms with Crippen molar-refractivity contribution in [2.75, 3.05) is 33.2 Å². The Kier molecular flexibility index (Phi) is 3.85. The van der Waals surface area contributed by atoms with Crippen LogP contribution in [-0.4, -0.2) is 53.9 Å². The zero-order valence-electron chi connectivity index (χ0n) is 12.8. The van der Waals surface area contributed by atoms with Gasteiger partial charge in [0.15, 0.2) is 0 Å². The Balaban J connectivity index is 1.86. The summed E-state index contributed by atoms with van der Waals surface area (Å²) >= 11 is 0. The molecule has 1 saturated heterocycles. The number of carbonyl (C=O) groups is 1. The van der Waals surface area contributed by atoms with Crippen LogP contribution in [0.4, 0.5) is 0 Å². The molecule has 0 aromatic carbocycles. The molecule has 1 amide bonds. The molecule has 0 unspecified atom stereocenters. The van der Waals surface area contributed by atoms with Crippen LogP contribution in [0.25, 0.3) is 0 Å². The maximum Gasteiger partial charge on any atom is 0.261 e. The second-order valence-electron chi connectivity index (χ2n) is 6.46. The lowest BCUT2D eigenvalue weighted by atomic mass is 9.87. The van der Waals surface area contributed by atoms with E-state index in [1.54, 1.807) is 4.90 Å². The smallest absolute Gasteiger partial charge is 0.261 e. The average molecular weight is 289 g/mol. The van der Waals surface area contributed by atoms with Gasteiger partial charge in [-0.1, -0.05) is 6.92 Å². The molecule has 1 fully saturated rings. The highest BCUT2D eigenvalue weighted by molar-refractivity contribution is 5.94. The summed E-state index contributed by atoms with van der Waals surface area (Å²) in [5.74, 6) is 0.500. The van der Waals surface area contributed by atoms with E-state index < -0.39 is 0 Å². The van der Waals surface area contributed by atoms with Crippen molar-refractivity contribution in [1.29, 1.82) is 0 Å². The van der Waals surface area contributed by atoms with Crippen molar-refractivity contribution < 1.29 is 4.79 Å². The summed E-state index contributed by atoms with van der Waals surface area (Å²) in [5, 5.41) is 0. The highest BCUT2D eigenvalue weighted by atomic mass is 16.2. The molecule has 2 aliphatic rings. The third-order valence-electron chi connectivity index (χ3n) is 4.69. The molecular weight excluding hydrogens is 266 g/mol. The zero-order valence-corrected chi connectivity index (χ0v) is 12.8. The minimum Gasteiger partial charge on any atom is -0.336 e. The Bertz CT molecular complexity index is 600. The molecule has 5 heteroatoms. The van der Waals surface area contributed by atoms with E-state index in [1.807, 2.05) is 6.07 Å². The third kappa shape index (κ3) is 2.88. The van der Waals surface area contributed by atoms with Gasteiger partial charge in [-0.3, -0.25) is 9.59 Å². The summed E-state index contributed by atoms with van der Waals surface area (Å²) in [7, 11) is 2.05. The summed E-state index contributed by atoms with van der Waals surface area (Å²) in [6.07, 6.45) is 2.97. The van der Waals surface area contributed by atoms with E-state index in [4.69, 9.17) is 0 Å². The largest absolute Gasteiger partial charge is 0.336 e. The number of piperazine rings is 1. The lowest BCUT2D eigenvalue weighted by molar-refractivity contribution is 0.0662. The second kappa shape index (κ2) is 5.64. The van der Waals surface area contributed by atoms with Crippen molar-refractivity contribution in [3.63, 3.8) is 0 Å². The predicted octanol–water partition coefficient (Wildman–Crippen LogP) is 0.887. The van der Waals surface area contributed by atoms with Gasteiger partial charge in [0, 0.05) is 31.9 Å². The fourth-order valence-corrected chi connectivity index (χ4v) is 3.22. The van der Waals surface area contributed by atoms with Gasteiger partial charge in [-0.25, -0.2) is 0 Å². The minimum atomic E-state index is -0.229. The minimum absolute atomic E-state index is 0.120. The van der Waals surface area contributed by atoms with E-state index in [1.165, 1.54) is 0 Å². The molecule has 0 saturated carbocycles. The fourth-order valence-electron chi connectivity index (χ4n) is 3.22. The summed E-state index contributed by atoms with van der Waals surface area (Å²) in [6, 6.07) is 1.84. The van der Waals surface area contributed by atoms with Crippen LogP contribution in [0.5, 0.6) is 0 Å². The molecule has 1 aliphatic heterocycles. The molecule has 0 bridgehead atoms. The Morgan fingerprint density at radius 1 is 1.29 bits per heavy atom. The van der Waals surface area contributed by atoms with Crippen LogP contribution in [0.15, 0.2) is 10.9 Å². The lowest BCUT2D eigenvalue weighted by Crippen LogP contribution is -2.48. The number of likely N-dealkylation sites (N-methyl/N-ethyl adjacent to an activating group) is 1. The number of amides is 1. The normalized spacial score (nSPS) is 23.0. The number of pyridine rings is 1. The number of nitrogens with one attached hydrogen (secondary N) is 1. The van der Waals surface area contributed by atoms with Crippen LogP contribution in [0.3, 0.4) is 0 Å². The summed E-state index contributed by atoms with van der Waals surface area (Å²) < 4.78 is 0. The van der Waals surface area contributed by atoms with Gasteiger partial charge in [-0.05, 0) is 43.9 Å². The van der Waals surface area contributed by atoms with Gasteiger partial charge in [-0.15, -0.1) is 0 Å². The molecule has 5 nitrogen and oxygen atoms in total. The summed E-state index contributed by atoms with van der Waals surface area (Å²) in [4.78, 5) is 31.7. The first-order chi connectivity index (χ1) is 10.0. The lowest BCUT2D eigenvalue weighted by Gasteiger charge is -2.32. The predicted molar refractivity (Wildman–Crippen MR) is 81.7 cm³/mol. The Hall–Kier alpha value is -1.62. The van der Waals surface area contributed by atoms with Crippen LogP contribution in [0.2, 0.25) is 0 Å². The van der Waals surface area contributed by atoms with Gasteiger partial charge >= 0.3 is 0 Å². The maximum atomic E-state index is 12.6. The SMILES string of the molecule is C[C@H]1CCc2[nH]c(=O)c(C(=O)N3CCN(C)CC3)cc2C1. The Morgan fingerprint density at radius 3 is 2.71 bits per heavy atom. The highest BCUT2D eigenvalue weighted by Crippen LogP contribution is 2.23. The maximum absolute atomic E-state index is 12.6. The van der Waals surface area contributed by atoms with Gasteiger partial charge in [0.25, 0.3) is 11.5 Å². The number of carbonyl (C=O) groups excluding carboxylic acids is 1. The molecule has 2 heterocycles. The molecule has 1 aromatic rings. The van der Waals surface area contributed by atoms with E-state index in [9.17, 15) is 9.59 Å². The summed E-state index contributed by atoms with van der Waals surface area (Å²) in [6.45, 7) is 5.35. The Morgan fingerprint density at radius 2 is 2.00 bits per heavy atom. The second-order valence-corrected chi connectivity index (χ2v) is 6.46. The molecule has 3 rings (SSSR count). The molecule has 0 radical (unpaired) electrons. The molecule has 114 valence electrons. The van der Waals surface area contributed by atoms with E-state index in [-0.39, 0.29) is 11.5 Å². The number of aromatic amines is 1. The number of hydrogen-bond acceptors (Lipinski definition) is 3. The molecule has 1 aromatic heterocycles. The number of hydrogen-bond donors (Lipinski definition) is 1. The molecule has 1 N–H and O–H groups in total. The van der Waals surface area contributed by atoms with Crippen LogP contribution < -0.4 is 5.56 Å². The van der Waals surface area contributed by atoms with E-state index >= 15 is 0 Å². The molecule has 1 atom stereocenters. The van der Waals surface area contributed by atoms with E-state index in [0.717, 1.165) is 43.6 Å². The first kappa shape index (κ1) is 14.3. The number of rotatable bonds is 1. The number of aromatic nitrogens is 1. The average Bonchev–Trinajstić information content (AvgIpc) is 2.47. The highest BCUT2D eigenvalue weighted by Gasteiger charge is 2.25. The topological polar surface area (TPSA) is 56.4 Å². The van der Waals surface area contributed by atoms with Gasteiger partial charge in [0.05, 0.1) is 0 Å². The monoisotopic (exact) mass is 289 g/mol. The van der Waals surface area contributed by atoms with Crippen LogP contribution in [-0.2, 0) is 12.8 Å². The van der Waals surface area contributed by atoms with Gasteiger partial charge in [-0.2, -0.15) is 0 Å². The third-order valence-corrected chi connectivity index (χ3v) is 4.69. The van der Waals surface area contributed by atoms with E-state index in [2.05, 4.69) is 23.9 Å². The van der Waals surface area contributed by atoms with Crippen LogP contribution in [0.1, 0.15) is 35.0 Å². The van der Waals surface area contributed by atoms with Crippen molar-refractivity contribution in [1.82, 2.24) is 14.8 Å². The summed E-state index contributed by atoms with van der Waals surface area (Å²) in [5.41, 5.74) is 2.25. The first-order valence-electron chi connectivity index (χ1n) is 7.77. The van der Waals surface area contributed by atoms with Gasteiger partial charge < -0.3 is 14.8 Å². The molecule has 1 aliphatic carbocycles. The van der Waals surface area contributed by atoms with Gasteiger partial charge in [0.2, 0.25) is 0 Å². The van der Waals surface area contributed by atoms with Crippen molar-refractivity contribution in [3.8, 4) is 0 Å². The van der Waals surface area contributed by atoms with Crippen molar-refractivity contribution in [2.24, 2.45) is 5.92 Å². The number of fused-ring (bicyclic) bond motifs is 1. The molecule has 21 heavy (non-hydrogen) atoms. The standard InChI is InChI=1S/C16H23N3O2/c1-11-3-4-14-12(9-11)10-13(15(20)17-14)16(21)19-7-5-18(2)6-8-19/h10-11H,3-9H2,1-2H3,(H,17,20)/t11-/m0/s1. The first-order valence-corrected chi connectivity index (χ1v) is 7.77. The van der Waals surface area contributed by atoms with Crippen molar-refractivity contribution in [2.45, 2.75) is 26.2 Å². The number of nitrogens with zero attached hydrogens (tertiary/aromatic N) is 2. The van der Waals surface area contributed by atoms with Crippen LogP contribution in [0, 0.1) is 5.92 Å². The molecular formula is C16H23N3O2. The Labute approximate surface area is 124 Å². The fraction of sp³-hybridized carbons (Fsp3) is 0.625. The quantitative estimate of drug-likeness (QED) is 0.835. The van der Waals surface area contributed by atoms with E-state index in [0.29, 0.717) is 24.6 Å². The molecule has 0 spiro atoms. The van der Waals surface area contributed by atoms with Gasteiger partial charge in [0.1, 0.15) is 5.56 Å².